The van der Waals surface area contributed by atoms with Crippen molar-refractivity contribution in [1.29, 1.82) is 5.26 Å². The van der Waals surface area contributed by atoms with Gasteiger partial charge in [0.1, 0.15) is 23.2 Å². The summed E-state index contributed by atoms with van der Waals surface area (Å²) in [5.41, 5.74) is 0.867. The zero-order valence-corrected chi connectivity index (χ0v) is 14.5. The van der Waals surface area contributed by atoms with Gasteiger partial charge in [-0.2, -0.15) is 5.26 Å². The molecule has 0 saturated heterocycles. The van der Waals surface area contributed by atoms with E-state index in [2.05, 4.69) is 10.3 Å². The zero-order chi connectivity index (χ0) is 19.9. The maximum Gasteiger partial charge on any atom is 0.280 e. The first kappa shape index (κ1) is 18.5. The molecular weight excluding hydrogens is 360 g/mol. The third kappa shape index (κ3) is 4.28. The van der Waals surface area contributed by atoms with Gasteiger partial charge in [0.25, 0.3) is 11.6 Å². The fourth-order valence-electron chi connectivity index (χ4n) is 2.49. The largest absolute Gasteiger partial charge is 0.456 e. The summed E-state index contributed by atoms with van der Waals surface area (Å²) in [6.07, 6.45) is 4.52. The zero-order valence-electron chi connectivity index (χ0n) is 14.5. The number of nitrogens with one attached hydrogen (secondary N) is 1. The fourth-order valence-corrected chi connectivity index (χ4v) is 2.49. The van der Waals surface area contributed by atoms with Crippen molar-refractivity contribution in [3.63, 3.8) is 0 Å². The first-order valence-electron chi connectivity index (χ1n) is 8.21. The number of nitro groups is 1. The molecular formula is C20H14N4O4. The number of amides is 1. The first-order chi connectivity index (χ1) is 13.6. The molecule has 0 atom stereocenters. The van der Waals surface area contributed by atoms with Crippen LogP contribution < -0.4 is 5.32 Å². The Morgan fingerprint density at radius 3 is 2.79 bits per heavy atom. The number of nitrogens with zero attached hydrogens (tertiary/aromatic N) is 3. The number of nitriles is 1. The molecule has 0 fully saturated rings. The van der Waals surface area contributed by atoms with Gasteiger partial charge in [0.15, 0.2) is 0 Å². The highest BCUT2D eigenvalue weighted by molar-refractivity contribution is 6.01. The molecule has 1 aromatic carbocycles. The molecule has 8 heteroatoms. The molecule has 0 radical (unpaired) electrons. The molecule has 0 saturated carbocycles. The Balaban J connectivity index is 1.78. The van der Waals surface area contributed by atoms with Crippen molar-refractivity contribution in [2.24, 2.45) is 0 Å². The van der Waals surface area contributed by atoms with E-state index in [1.54, 1.807) is 48.8 Å². The molecule has 0 bridgehead atoms. The predicted molar refractivity (Wildman–Crippen MR) is 100 cm³/mol. The molecule has 1 amide bonds. The summed E-state index contributed by atoms with van der Waals surface area (Å²) in [6.45, 7) is 0.227. The molecule has 0 aliphatic rings. The topological polar surface area (TPSA) is 122 Å². The number of hydrogen-bond donors (Lipinski definition) is 1. The van der Waals surface area contributed by atoms with E-state index in [0.29, 0.717) is 5.56 Å². The lowest BCUT2D eigenvalue weighted by molar-refractivity contribution is -0.384. The number of benzene rings is 1. The number of carbonyl (C=O) groups is 1. The SMILES string of the molecule is N#CC(=Cc1ccc(-c2ccccc2[N+](=O)[O-])o1)C(=O)NCc1cccnc1. The third-order valence-electron chi connectivity index (χ3n) is 3.82. The Kier molecular flexibility index (Phi) is 5.58. The summed E-state index contributed by atoms with van der Waals surface area (Å²) >= 11 is 0. The smallest absolute Gasteiger partial charge is 0.280 e. The van der Waals surface area contributed by atoms with Crippen LogP contribution in [0.1, 0.15) is 11.3 Å². The van der Waals surface area contributed by atoms with Crippen LogP contribution >= 0.6 is 0 Å². The van der Waals surface area contributed by atoms with Gasteiger partial charge in [-0.1, -0.05) is 18.2 Å². The maximum absolute atomic E-state index is 12.2. The van der Waals surface area contributed by atoms with E-state index in [0.717, 1.165) is 5.56 Å². The molecule has 0 spiro atoms. The Bertz CT molecular complexity index is 1080. The number of rotatable bonds is 6. The summed E-state index contributed by atoms with van der Waals surface area (Å²) in [5.74, 6) is -0.0529. The second kappa shape index (κ2) is 8.42. The van der Waals surface area contributed by atoms with E-state index in [9.17, 15) is 20.2 Å². The van der Waals surface area contributed by atoms with Gasteiger partial charge in [0.05, 0.1) is 10.5 Å². The molecule has 28 heavy (non-hydrogen) atoms. The fraction of sp³-hybridized carbons (Fsp3) is 0.0500. The van der Waals surface area contributed by atoms with Gasteiger partial charge in [-0.3, -0.25) is 19.9 Å². The minimum absolute atomic E-state index is 0.0953. The molecule has 0 unspecified atom stereocenters. The van der Waals surface area contributed by atoms with Gasteiger partial charge in [0.2, 0.25) is 0 Å². The van der Waals surface area contributed by atoms with Crippen LogP contribution in [0.3, 0.4) is 0 Å². The molecule has 8 nitrogen and oxygen atoms in total. The van der Waals surface area contributed by atoms with E-state index in [1.165, 1.54) is 18.2 Å². The van der Waals surface area contributed by atoms with Crippen molar-refractivity contribution in [3.05, 3.63) is 87.9 Å². The monoisotopic (exact) mass is 374 g/mol. The molecule has 0 aliphatic heterocycles. The van der Waals surface area contributed by atoms with Crippen molar-refractivity contribution < 1.29 is 14.1 Å². The summed E-state index contributed by atoms with van der Waals surface area (Å²) in [6, 6.07) is 14.6. The first-order valence-corrected chi connectivity index (χ1v) is 8.21. The third-order valence-corrected chi connectivity index (χ3v) is 3.82. The van der Waals surface area contributed by atoms with Gasteiger partial charge in [0, 0.05) is 31.1 Å². The lowest BCUT2D eigenvalue weighted by Crippen LogP contribution is -2.23. The van der Waals surface area contributed by atoms with Gasteiger partial charge in [-0.25, -0.2) is 0 Å². The number of aromatic nitrogens is 1. The van der Waals surface area contributed by atoms with E-state index in [1.807, 2.05) is 6.07 Å². The van der Waals surface area contributed by atoms with Crippen molar-refractivity contribution in [1.82, 2.24) is 10.3 Å². The lowest BCUT2D eigenvalue weighted by atomic mass is 10.1. The highest BCUT2D eigenvalue weighted by Gasteiger charge is 2.17. The van der Waals surface area contributed by atoms with E-state index >= 15 is 0 Å². The highest BCUT2D eigenvalue weighted by Crippen LogP contribution is 2.31. The van der Waals surface area contributed by atoms with E-state index < -0.39 is 10.8 Å². The van der Waals surface area contributed by atoms with Gasteiger partial charge >= 0.3 is 0 Å². The van der Waals surface area contributed by atoms with Crippen LogP contribution in [0, 0.1) is 21.4 Å². The van der Waals surface area contributed by atoms with Gasteiger partial charge < -0.3 is 9.73 Å². The number of para-hydroxylation sites is 1. The average Bonchev–Trinajstić information content (AvgIpc) is 3.19. The van der Waals surface area contributed by atoms with Crippen molar-refractivity contribution in [3.8, 4) is 17.4 Å². The summed E-state index contributed by atoms with van der Waals surface area (Å²) in [4.78, 5) is 26.8. The van der Waals surface area contributed by atoms with Crippen LogP contribution in [-0.4, -0.2) is 15.8 Å². The molecule has 138 valence electrons. The minimum atomic E-state index is -0.560. The normalized spacial score (nSPS) is 10.9. The van der Waals surface area contributed by atoms with Crippen molar-refractivity contribution >= 4 is 17.7 Å². The quantitative estimate of drug-likeness (QED) is 0.305. The van der Waals surface area contributed by atoms with Gasteiger partial charge in [-0.05, 0) is 29.8 Å². The second-order valence-corrected chi connectivity index (χ2v) is 5.69. The summed E-state index contributed by atoms with van der Waals surface area (Å²) in [5, 5.41) is 23.1. The molecule has 3 aromatic rings. The highest BCUT2D eigenvalue weighted by atomic mass is 16.6. The van der Waals surface area contributed by atoms with Gasteiger partial charge in [-0.15, -0.1) is 0 Å². The summed E-state index contributed by atoms with van der Waals surface area (Å²) < 4.78 is 5.58. The Hall–Kier alpha value is -4.25. The average molecular weight is 374 g/mol. The molecule has 2 heterocycles. The van der Waals surface area contributed by atoms with E-state index in [4.69, 9.17) is 4.42 Å². The maximum atomic E-state index is 12.2. The van der Waals surface area contributed by atoms with Crippen LogP contribution in [0.15, 0.2) is 70.9 Å². The number of carbonyl (C=O) groups excluding carboxylic acids is 1. The van der Waals surface area contributed by atoms with Crippen molar-refractivity contribution in [2.75, 3.05) is 0 Å². The van der Waals surface area contributed by atoms with Crippen LogP contribution in [0.2, 0.25) is 0 Å². The van der Waals surface area contributed by atoms with E-state index in [-0.39, 0.29) is 29.3 Å². The number of pyridine rings is 1. The minimum Gasteiger partial charge on any atom is -0.456 e. The molecule has 1 N–H and O–H groups in total. The van der Waals surface area contributed by atoms with Crippen LogP contribution in [0.4, 0.5) is 5.69 Å². The lowest BCUT2D eigenvalue weighted by Gasteiger charge is -2.03. The van der Waals surface area contributed by atoms with Crippen LogP contribution in [0.25, 0.3) is 17.4 Å². The Labute approximate surface area is 159 Å². The number of hydrogen-bond acceptors (Lipinski definition) is 6. The second-order valence-electron chi connectivity index (χ2n) is 5.69. The standard InChI is InChI=1S/C20H14N4O4/c21-11-15(20(25)23-13-14-4-3-9-22-12-14)10-16-7-8-19(28-16)17-5-1-2-6-18(17)24(26)27/h1-10,12H,13H2,(H,23,25). The van der Waals surface area contributed by atoms with Crippen LogP contribution in [-0.2, 0) is 11.3 Å². The Morgan fingerprint density at radius 2 is 2.07 bits per heavy atom. The molecule has 0 aliphatic carbocycles. The molecule has 3 rings (SSSR count). The Morgan fingerprint density at radius 1 is 1.25 bits per heavy atom. The number of furan rings is 1. The van der Waals surface area contributed by atoms with Crippen LogP contribution in [0.5, 0.6) is 0 Å². The molecule has 2 aromatic heterocycles. The number of nitro benzene ring substituents is 1. The van der Waals surface area contributed by atoms with Crippen molar-refractivity contribution in [2.45, 2.75) is 6.54 Å². The predicted octanol–water partition coefficient (Wildman–Crippen LogP) is 3.47. The summed E-state index contributed by atoms with van der Waals surface area (Å²) in [7, 11) is 0.